The molecule has 0 atom stereocenters. The monoisotopic (exact) mass is 164 g/mol. The van der Waals surface area contributed by atoms with E-state index in [1.54, 1.807) is 0 Å². The van der Waals surface area contributed by atoms with Crippen molar-refractivity contribution in [2.24, 2.45) is 0 Å². The van der Waals surface area contributed by atoms with Gasteiger partial charge >= 0.3 is 0 Å². The van der Waals surface area contributed by atoms with Gasteiger partial charge in [0, 0.05) is 10.5 Å². The topological polar surface area (TPSA) is 20.2 Å². The first-order valence-corrected chi connectivity index (χ1v) is 3.67. The SMILES string of the molecule is OCC#Cc1ccccc1S. The van der Waals surface area contributed by atoms with Crippen LogP contribution in [-0.4, -0.2) is 11.7 Å². The normalized spacial score (nSPS) is 8.55. The summed E-state index contributed by atoms with van der Waals surface area (Å²) in [4.78, 5) is 0.841. The van der Waals surface area contributed by atoms with E-state index in [2.05, 4.69) is 24.5 Å². The zero-order chi connectivity index (χ0) is 8.10. The summed E-state index contributed by atoms with van der Waals surface area (Å²) in [7, 11) is 0. The maximum atomic E-state index is 8.42. The van der Waals surface area contributed by atoms with E-state index in [0.29, 0.717) is 0 Å². The van der Waals surface area contributed by atoms with Crippen molar-refractivity contribution in [2.75, 3.05) is 6.61 Å². The highest BCUT2D eigenvalue weighted by Gasteiger charge is 1.89. The van der Waals surface area contributed by atoms with E-state index in [0.717, 1.165) is 10.5 Å². The highest BCUT2D eigenvalue weighted by atomic mass is 32.1. The molecular formula is C9H8OS. The highest BCUT2D eigenvalue weighted by Crippen LogP contribution is 2.10. The second-order valence-electron chi connectivity index (χ2n) is 1.98. The predicted molar refractivity (Wildman–Crippen MR) is 47.7 cm³/mol. The number of hydrogen-bond donors (Lipinski definition) is 2. The third kappa shape index (κ3) is 2.30. The molecule has 0 radical (unpaired) electrons. The average Bonchev–Trinajstić information content (AvgIpc) is 2.03. The van der Waals surface area contributed by atoms with Gasteiger partial charge in [0.2, 0.25) is 0 Å². The van der Waals surface area contributed by atoms with Crippen LogP contribution in [0.15, 0.2) is 29.2 Å². The highest BCUT2D eigenvalue weighted by molar-refractivity contribution is 7.80. The molecule has 0 fully saturated rings. The second kappa shape index (κ2) is 4.07. The van der Waals surface area contributed by atoms with Crippen molar-refractivity contribution in [3.05, 3.63) is 29.8 Å². The molecule has 0 saturated carbocycles. The van der Waals surface area contributed by atoms with E-state index in [-0.39, 0.29) is 6.61 Å². The molecule has 1 nitrogen and oxygen atoms in total. The fourth-order valence-corrected chi connectivity index (χ4v) is 0.931. The first kappa shape index (κ1) is 8.19. The summed E-state index contributed by atoms with van der Waals surface area (Å²) in [5, 5.41) is 8.42. The lowest BCUT2D eigenvalue weighted by atomic mass is 10.2. The molecule has 0 unspecified atom stereocenters. The van der Waals surface area contributed by atoms with Gasteiger partial charge in [-0.25, -0.2) is 0 Å². The van der Waals surface area contributed by atoms with Crippen LogP contribution in [0.1, 0.15) is 5.56 Å². The van der Waals surface area contributed by atoms with Crippen molar-refractivity contribution < 1.29 is 5.11 Å². The molecule has 0 bridgehead atoms. The molecule has 0 aliphatic rings. The van der Waals surface area contributed by atoms with Gasteiger partial charge in [-0.05, 0) is 12.1 Å². The smallest absolute Gasteiger partial charge is 0.104 e. The maximum absolute atomic E-state index is 8.42. The molecular weight excluding hydrogens is 156 g/mol. The molecule has 1 aromatic carbocycles. The Morgan fingerprint density at radius 1 is 1.36 bits per heavy atom. The van der Waals surface area contributed by atoms with Crippen LogP contribution in [0.25, 0.3) is 0 Å². The third-order valence-electron chi connectivity index (χ3n) is 1.21. The van der Waals surface area contributed by atoms with Crippen LogP contribution in [-0.2, 0) is 0 Å². The standard InChI is InChI=1S/C9H8OS/c10-7-3-5-8-4-1-2-6-9(8)11/h1-2,4,6,10-11H,7H2. The molecule has 0 heterocycles. The zero-order valence-electron chi connectivity index (χ0n) is 5.91. The Morgan fingerprint density at radius 3 is 2.73 bits per heavy atom. The first-order chi connectivity index (χ1) is 5.34. The molecule has 1 N–H and O–H groups in total. The van der Waals surface area contributed by atoms with Gasteiger partial charge in [0.15, 0.2) is 0 Å². The molecule has 1 aromatic rings. The van der Waals surface area contributed by atoms with Gasteiger partial charge in [0.25, 0.3) is 0 Å². The van der Waals surface area contributed by atoms with Crippen LogP contribution < -0.4 is 0 Å². The van der Waals surface area contributed by atoms with Crippen molar-refractivity contribution in [2.45, 2.75) is 4.90 Å². The Balaban J connectivity index is 2.95. The summed E-state index contributed by atoms with van der Waals surface area (Å²) in [5.41, 5.74) is 0.852. The van der Waals surface area contributed by atoms with E-state index in [1.807, 2.05) is 24.3 Å². The van der Waals surface area contributed by atoms with Gasteiger partial charge in [-0.2, -0.15) is 0 Å². The molecule has 0 aromatic heterocycles. The lowest BCUT2D eigenvalue weighted by Crippen LogP contribution is -1.77. The summed E-state index contributed by atoms with van der Waals surface area (Å²) in [6.45, 7) is -0.109. The molecule has 11 heavy (non-hydrogen) atoms. The fraction of sp³-hybridized carbons (Fsp3) is 0.111. The van der Waals surface area contributed by atoms with Gasteiger partial charge < -0.3 is 5.11 Å². The Hall–Kier alpha value is -0.910. The van der Waals surface area contributed by atoms with Crippen LogP contribution in [0.4, 0.5) is 0 Å². The van der Waals surface area contributed by atoms with Crippen LogP contribution in [0, 0.1) is 11.8 Å². The lowest BCUT2D eigenvalue weighted by Gasteiger charge is -1.92. The summed E-state index contributed by atoms with van der Waals surface area (Å²) >= 11 is 4.19. The minimum Gasteiger partial charge on any atom is -0.384 e. The number of rotatable bonds is 0. The van der Waals surface area contributed by atoms with Gasteiger partial charge in [-0.15, -0.1) is 12.6 Å². The number of hydrogen-bond acceptors (Lipinski definition) is 2. The van der Waals surface area contributed by atoms with Crippen LogP contribution >= 0.6 is 12.6 Å². The summed E-state index contributed by atoms with van der Waals surface area (Å²) in [6.07, 6.45) is 0. The Kier molecular flexibility index (Phi) is 3.03. The Bertz CT molecular complexity index is 296. The fourth-order valence-electron chi connectivity index (χ4n) is 0.714. The van der Waals surface area contributed by atoms with E-state index >= 15 is 0 Å². The van der Waals surface area contributed by atoms with Crippen molar-refractivity contribution in [1.82, 2.24) is 0 Å². The van der Waals surface area contributed by atoms with Crippen LogP contribution in [0.3, 0.4) is 0 Å². The van der Waals surface area contributed by atoms with E-state index in [1.165, 1.54) is 0 Å². The second-order valence-corrected chi connectivity index (χ2v) is 2.46. The molecule has 2 heteroatoms. The number of benzene rings is 1. The van der Waals surface area contributed by atoms with Crippen LogP contribution in [0.2, 0.25) is 0 Å². The minimum absolute atomic E-state index is 0.109. The van der Waals surface area contributed by atoms with E-state index < -0.39 is 0 Å². The number of aliphatic hydroxyl groups is 1. The Labute approximate surface area is 71.5 Å². The molecule has 1 rings (SSSR count). The molecule has 0 aliphatic heterocycles. The van der Waals surface area contributed by atoms with E-state index in [4.69, 9.17) is 5.11 Å². The molecule has 56 valence electrons. The predicted octanol–water partition coefficient (Wildman–Crippen LogP) is 1.32. The summed E-state index contributed by atoms with van der Waals surface area (Å²) in [5.74, 6) is 5.35. The van der Waals surface area contributed by atoms with Crippen LogP contribution in [0.5, 0.6) is 0 Å². The van der Waals surface area contributed by atoms with E-state index in [9.17, 15) is 0 Å². The Morgan fingerprint density at radius 2 is 2.09 bits per heavy atom. The molecule has 0 amide bonds. The quantitative estimate of drug-likeness (QED) is 0.437. The van der Waals surface area contributed by atoms with Gasteiger partial charge in [-0.3, -0.25) is 0 Å². The van der Waals surface area contributed by atoms with Gasteiger partial charge in [0.1, 0.15) is 6.61 Å². The summed E-state index contributed by atoms with van der Waals surface area (Å²) in [6, 6.07) is 7.52. The lowest BCUT2D eigenvalue weighted by molar-refractivity contribution is 0.350. The average molecular weight is 164 g/mol. The van der Waals surface area contributed by atoms with Gasteiger partial charge in [0.05, 0.1) is 0 Å². The number of aliphatic hydroxyl groups excluding tert-OH is 1. The van der Waals surface area contributed by atoms with Crippen molar-refractivity contribution in [3.63, 3.8) is 0 Å². The van der Waals surface area contributed by atoms with Gasteiger partial charge in [-0.1, -0.05) is 24.0 Å². The van der Waals surface area contributed by atoms with Crippen molar-refractivity contribution >= 4 is 12.6 Å². The molecule has 0 spiro atoms. The zero-order valence-corrected chi connectivity index (χ0v) is 6.81. The summed E-state index contributed by atoms with van der Waals surface area (Å²) < 4.78 is 0. The third-order valence-corrected chi connectivity index (χ3v) is 1.60. The first-order valence-electron chi connectivity index (χ1n) is 3.22. The minimum atomic E-state index is -0.109. The molecule has 0 aliphatic carbocycles. The molecule has 0 saturated heterocycles. The van der Waals surface area contributed by atoms with Crippen molar-refractivity contribution in [3.8, 4) is 11.8 Å². The largest absolute Gasteiger partial charge is 0.384 e. The van der Waals surface area contributed by atoms with Crippen molar-refractivity contribution in [1.29, 1.82) is 0 Å². The maximum Gasteiger partial charge on any atom is 0.104 e. The number of thiol groups is 1.